The van der Waals surface area contributed by atoms with Crippen molar-refractivity contribution in [1.29, 1.82) is 0 Å². The predicted octanol–water partition coefficient (Wildman–Crippen LogP) is 1.17. The standard InChI is InChI=1S/C13H17N5O/c1-8-15-9(2)18(16-8)12-6-5-10(7-11(12)14)13(19)17(3)4/h5-7H,14H2,1-4H3. The van der Waals surface area contributed by atoms with Crippen LogP contribution >= 0.6 is 0 Å². The van der Waals surface area contributed by atoms with Crippen LogP contribution in [-0.4, -0.2) is 39.7 Å². The predicted molar refractivity (Wildman–Crippen MR) is 73.3 cm³/mol. The van der Waals surface area contributed by atoms with Crippen molar-refractivity contribution in [3.63, 3.8) is 0 Å². The minimum atomic E-state index is -0.0789. The van der Waals surface area contributed by atoms with E-state index in [1.807, 2.05) is 13.8 Å². The molecule has 0 saturated carbocycles. The average Bonchev–Trinajstić information content (AvgIpc) is 2.67. The third-order valence-electron chi connectivity index (χ3n) is 2.78. The first-order chi connectivity index (χ1) is 8.90. The molecule has 6 heteroatoms. The first-order valence-corrected chi connectivity index (χ1v) is 5.92. The highest BCUT2D eigenvalue weighted by molar-refractivity contribution is 5.95. The van der Waals surface area contributed by atoms with Gasteiger partial charge in [0, 0.05) is 19.7 Å². The molecule has 0 unspecified atom stereocenters. The Balaban J connectivity index is 2.45. The van der Waals surface area contributed by atoms with E-state index >= 15 is 0 Å². The van der Waals surface area contributed by atoms with Gasteiger partial charge in [-0.15, -0.1) is 0 Å². The Kier molecular flexibility index (Phi) is 3.25. The fourth-order valence-electron chi connectivity index (χ4n) is 1.89. The summed E-state index contributed by atoms with van der Waals surface area (Å²) in [6, 6.07) is 5.19. The van der Waals surface area contributed by atoms with E-state index in [2.05, 4.69) is 10.1 Å². The van der Waals surface area contributed by atoms with Crippen LogP contribution < -0.4 is 5.73 Å². The van der Waals surface area contributed by atoms with Crippen LogP contribution in [0.15, 0.2) is 18.2 Å². The first kappa shape index (κ1) is 13.1. The Morgan fingerprint density at radius 2 is 2.00 bits per heavy atom. The lowest BCUT2D eigenvalue weighted by Crippen LogP contribution is -2.21. The summed E-state index contributed by atoms with van der Waals surface area (Å²) in [5.41, 5.74) is 7.80. The van der Waals surface area contributed by atoms with Crippen molar-refractivity contribution >= 4 is 11.6 Å². The molecule has 1 heterocycles. The molecule has 1 amide bonds. The molecule has 0 fully saturated rings. The topological polar surface area (TPSA) is 77.0 Å². The molecule has 6 nitrogen and oxygen atoms in total. The first-order valence-electron chi connectivity index (χ1n) is 5.92. The molecular weight excluding hydrogens is 242 g/mol. The molecular formula is C13H17N5O. The average molecular weight is 259 g/mol. The lowest BCUT2D eigenvalue weighted by molar-refractivity contribution is 0.0827. The molecule has 0 atom stereocenters. The van der Waals surface area contributed by atoms with Crippen molar-refractivity contribution in [2.75, 3.05) is 19.8 Å². The molecule has 1 aromatic carbocycles. The fourth-order valence-corrected chi connectivity index (χ4v) is 1.89. The largest absolute Gasteiger partial charge is 0.397 e. The number of aryl methyl sites for hydroxylation is 2. The molecule has 0 saturated heterocycles. The number of aromatic nitrogens is 3. The summed E-state index contributed by atoms with van der Waals surface area (Å²) >= 11 is 0. The van der Waals surface area contributed by atoms with Gasteiger partial charge in [0.15, 0.2) is 0 Å². The normalized spacial score (nSPS) is 10.5. The minimum absolute atomic E-state index is 0.0789. The molecule has 100 valence electrons. The number of rotatable bonds is 2. The van der Waals surface area contributed by atoms with Crippen LogP contribution in [0.1, 0.15) is 22.0 Å². The van der Waals surface area contributed by atoms with Crippen molar-refractivity contribution in [2.45, 2.75) is 13.8 Å². The Morgan fingerprint density at radius 1 is 1.32 bits per heavy atom. The number of nitrogens with two attached hydrogens (primary N) is 1. The van der Waals surface area contributed by atoms with Gasteiger partial charge in [0.2, 0.25) is 0 Å². The zero-order valence-electron chi connectivity index (χ0n) is 11.5. The van der Waals surface area contributed by atoms with Crippen molar-refractivity contribution < 1.29 is 4.79 Å². The van der Waals surface area contributed by atoms with E-state index in [0.29, 0.717) is 17.1 Å². The van der Waals surface area contributed by atoms with Crippen LogP contribution in [0, 0.1) is 13.8 Å². The van der Waals surface area contributed by atoms with Crippen LogP contribution in [0.5, 0.6) is 0 Å². The van der Waals surface area contributed by atoms with Gasteiger partial charge in [-0.25, -0.2) is 9.67 Å². The summed E-state index contributed by atoms with van der Waals surface area (Å²) in [4.78, 5) is 17.6. The third-order valence-corrected chi connectivity index (χ3v) is 2.78. The van der Waals surface area contributed by atoms with E-state index in [9.17, 15) is 4.79 Å². The van der Waals surface area contributed by atoms with Crippen LogP contribution in [0.25, 0.3) is 5.69 Å². The fraction of sp³-hybridized carbons (Fsp3) is 0.308. The lowest BCUT2D eigenvalue weighted by Gasteiger charge is -2.12. The number of hydrogen-bond acceptors (Lipinski definition) is 4. The van der Waals surface area contributed by atoms with Crippen molar-refractivity contribution in [2.24, 2.45) is 0 Å². The maximum Gasteiger partial charge on any atom is 0.253 e. The summed E-state index contributed by atoms with van der Waals surface area (Å²) < 4.78 is 1.68. The Morgan fingerprint density at radius 3 is 2.47 bits per heavy atom. The van der Waals surface area contributed by atoms with Crippen LogP contribution in [0.3, 0.4) is 0 Å². The van der Waals surface area contributed by atoms with Gasteiger partial charge < -0.3 is 10.6 Å². The van der Waals surface area contributed by atoms with Crippen molar-refractivity contribution in [3.05, 3.63) is 35.4 Å². The van der Waals surface area contributed by atoms with Crippen LogP contribution in [0.4, 0.5) is 5.69 Å². The number of nitrogen functional groups attached to an aromatic ring is 1. The molecule has 0 aliphatic carbocycles. The number of hydrogen-bond donors (Lipinski definition) is 1. The van der Waals surface area contributed by atoms with E-state index in [1.165, 1.54) is 4.90 Å². The Labute approximate surface area is 111 Å². The van der Waals surface area contributed by atoms with Gasteiger partial charge in [0.05, 0.1) is 11.4 Å². The number of carbonyl (C=O) groups excluding carboxylic acids is 1. The van der Waals surface area contributed by atoms with Crippen LogP contribution in [-0.2, 0) is 0 Å². The zero-order chi connectivity index (χ0) is 14.2. The van der Waals surface area contributed by atoms with Crippen molar-refractivity contribution in [1.82, 2.24) is 19.7 Å². The SMILES string of the molecule is Cc1nc(C)n(-c2ccc(C(=O)N(C)C)cc2N)n1. The zero-order valence-corrected chi connectivity index (χ0v) is 11.5. The summed E-state index contributed by atoms with van der Waals surface area (Å²) in [5.74, 6) is 1.37. The van der Waals surface area contributed by atoms with E-state index in [-0.39, 0.29) is 5.91 Å². The number of carbonyl (C=O) groups is 1. The lowest BCUT2D eigenvalue weighted by atomic mass is 10.1. The molecule has 0 aliphatic rings. The Hall–Kier alpha value is -2.37. The maximum atomic E-state index is 11.9. The second-order valence-corrected chi connectivity index (χ2v) is 4.59. The van der Waals surface area contributed by atoms with E-state index in [0.717, 1.165) is 11.5 Å². The molecule has 19 heavy (non-hydrogen) atoms. The summed E-state index contributed by atoms with van der Waals surface area (Å²) in [5, 5.41) is 4.28. The summed E-state index contributed by atoms with van der Waals surface area (Å²) in [6.45, 7) is 3.68. The van der Waals surface area contributed by atoms with Gasteiger partial charge in [-0.2, -0.15) is 5.10 Å². The van der Waals surface area contributed by atoms with Gasteiger partial charge >= 0.3 is 0 Å². The van der Waals surface area contributed by atoms with Gasteiger partial charge in [-0.3, -0.25) is 4.79 Å². The maximum absolute atomic E-state index is 11.9. The molecule has 2 aromatic rings. The summed E-state index contributed by atoms with van der Waals surface area (Å²) in [6.07, 6.45) is 0. The third kappa shape index (κ3) is 2.42. The number of benzene rings is 1. The number of nitrogens with zero attached hydrogens (tertiary/aromatic N) is 4. The molecule has 0 spiro atoms. The van der Waals surface area contributed by atoms with Crippen molar-refractivity contribution in [3.8, 4) is 5.69 Å². The van der Waals surface area contributed by atoms with Gasteiger partial charge in [0.1, 0.15) is 11.6 Å². The molecule has 2 N–H and O–H groups in total. The number of anilines is 1. The Bertz CT molecular complexity index is 630. The van der Waals surface area contributed by atoms with E-state index < -0.39 is 0 Å². The number of amides is 1. The van der Waals surface area contributed by atoms with E-state index in [1.54, 1.807) is 37.0 Å². The van der Waals surface area contributed by atoms with Crippen LogP contribution in [0.2, 0.25) is 0 Å². The molecule has 0 radical (unpaired) electrons. The smallest absolute Gasteiger partial charge is 0.253 e. The highest BCUT2D eigenvalue weighted by atomic mass is 16.2. The summed E-state index contributed by atoms with van der Waals surface area (Å²) in [7, 11) is 3.41. The molecule has 0 bridgehead atoms. The van der Waals surface area contributed by atoms with Gasteiger partial charge in [-0.05, 0) is 32.0 Å². The highest BCUT2D eigenvalue weighted by Crippen LogP contribution is 2.20. The van der Waals surface area contributed by atoms with Gasteiger partial charge in [-0.1, -0.05) is 0 Å². The molecule has 0 aliphatic heterocycles. The monoisotopic (exact) mass is 259 g/mol. The molecule has 1 aromatic heterocycles. The second-order valence-electron chi connectivity index (χ2n) is 4.59. The second kappa shape index (κ2) is 4.72. The minimum Gasteiger partial charge on any atom is -0.397 e. The van der Waals surface area contributed by atoms with Gasteiger partial charge in [0.25, 0.3) is 5.91 Å². The quantitative estimate of drug-likeness (QED) is 0.821. The van der Waals surface area contributed by atoms with E-state index in [4.69, 9.17) is 5.73 Å². The highest BCUT2D eigenvalue weighted by Gasteiger charge is 2.13. The molecule has 2 rings (SSSR count).